The first-order valence-electron chi connectivity index (χ1n) is 5.49. The molecule has 96 valence electrons. The van der Waals surface area contributed by atoms with Crippen LogP contribution >= 0.6 is 0 Å². The summed E-state index contributed by atoms with van der Waals surface area (Å²) in [6.07, 6.45) is 0. The fourth-order valence-electron chi connectivity index (χ4n) is 1.53. The summed E-state index contributed by atoms with van der Waals surface area (Å²) >= 11 is 0. The van der Waals surface area contributed by atoms with Gasteiger partial charge in [0.15, 0.2) is 0 Å². The normalized spacial score (nSPS) is 11.6. The third kappa shape index (κ3) is 3.71. The number of rotatable bonds is 6. The molecular formula is C12H15N3O3. The van der Waals surface area contributed by atoms with E-state index in [4.69, 9.17) is 10.00 Å². The number of nitrogens with zero attached hydrogens (tertiary/aromatic N) is 2. The molecule has 6 heteroatoms. The summed E-state index contributed by atoms with van der Waals surface area (Å²) in [5, 5.41) is 22.6. The van der Waals surface area contributed by atoms with Crippen LogP contribution in [0, 0.1) is 27.4 Å². The SMILES string of the molecule is COCC(C)CNc1cc(C#N)ccc1[N+](=O)[O-]. The minimum atomic E-state index is -0.468. The fraction of sp³-hybridized carbons (Fsp3) is 0.417. The Morgan fingerprint density at radius 1 is 1.61 bits per heavy atom. The van der Waals surface area contributed by atoms with Crippen molar-refractivity contribution in [3.05, 3.63) is 33.9 Å². The van der Waals surface area contributed by atoms with Gasteiger partial charge in [0.1, 0.15) is 5.69 Å². The summed E-state index contributed by atoms with van der Waals surface area (Å²) in [4.78, 5) is 10.4. The number of nitro benzene ring substituents is 1. The summed E-state index contributed by atoms with van der Waals surface area (Å²) in [6, 6.07) is 6.21. The summed E-state index contributed by atoms with van der Waals surface area (Å²) in [5.74, 6) is 0.223. The number of hydrogen-bond acceptors (Lipinski definition) is 5. The second-order valence-electron chi connectivity index (χ2n) is 4.04. The first kappa shape index (κ1) is 13.9. The lowest BCUT2D eigenvalue weighted by molar-refractivity contribution is -0.384. The minimum Gasteiger partial charge on any atom is -0.384 e. The molecule has 0 heterocycles. The Morgan fingerprint density at radius 2 is 2.33 bits per heavy atom. The Labute approximate surface area is 105 Å². The Balaban J connectivity index is 2.85. The van der Waals surface area contributed by atoms with Crippen molar-refractivity contribution in [2.45, 2.75) is 6.92 Å². The molecule has 0 bridgehead atoms. The molecule has 0 aromatic heterocycles. The van der Waals surface area contributed by atoms with Gasteiger partial charge in [0.05, 0.1) is 23.2 Å². The van der Waals surface area contributed by atoms with Crippen molar-refractivity contribution in [3.63, 3.8) is 0 Å². The minimum absolute atomic E-state index is 0.0291. The van der Waals surface area contributed by atoms with E-state index in [2.05, 4.69) is 5.32 Å². The number of nitro groups is 1. The monoisotopic (exact) mass is 249 g/mol. The predicted octanol–water partition coefficient (Wildman–Crippen LogP) is 2.16. The first-order chi connectivity index (χ1) is 8.58. The molecule has 1 rings (SSSR count). The van der Waals surface area contributed by atoms with Crippen molar-refractivity contribution < 1.29 is 9.66 Å². The van der Waals surface area contributed by atoms with E-state index < -0.39 is 4.92 Å². The lowest BCUT2D eigenvalue weighted by Gasteiger charge is -2.12. The lowest BCUT2D eigenvalue weighted by Crippen LogP contribution is -2.16. The summed E-state index contributed by atoms with van der Waals surface area (Å²) < 4.78 is 4.99. The zero-order valence-corrected chi connectivity index (χ0v) is 10.3. The molecule has 0 aliphatic carbocycles. The van der Waals surface area contributed by atoms with Gasteiger partial charge in [0, 0.05) is 19.7 Å². The Morgan fingerprint density at radius 3 is 2.89 bits per heavy atom. The van der Waals surface area contributed by atoms with Crippen molar-refractivity contribution in [2.75, 3.05) is 25.6 Å². The molecule has 1 aromatic carbocycles. The highest BCUT2D eigenvalue weighted by atomic mass is 16.6. The highest BCUT2D eigenvalue weighted by Crippen LogP contribution is 2.25. The van der Waals surface area contributed by atoms with Crippen LogP contribution in [0.5, 0.6) is 0 Å². The lowest BCUT2D eigenvalue weighted by atomic mass is 10.1. The average Bonchev–Trinajstić information content (AvgIpc) is 2.36. The largest absolute Gasteiger partial charge is 0.384 e. The van der Waals surface area contributed by atoms with Gasteiger partial charge in [-0.1, -0.05) is 6.92 Å². The van der Waals surface area contributed by atoms with Crippen molar-refractivity contribution in [1.29, 1.82) is 5.26 Å². The number of anilines is 1. The van der Waals surface area contributed by atoms with E-state index in [1.807, 2.05) is 13.0 Å². The maximum absolute atomic E-state index is 10.8. The molecular weight excluding hydrogens is 234 g/mol. The molecule has 0 fully saturated rings. The molecule has 0 saturated carbocycles. The molecule has 0 spiro atoms. The van der Waals surface area contributed by atoms with Crippen molar-refractivity contribution in [2.24, 2.45) is 5.92 Å². The number of benzene rings is 1. The van der Waals surface area contributed by atoms with Gasteiger partial charge >= 0.3 is 0 Å². The van der Waals surface area contributed by atoms with Crippen LogP contribution < -0.4 is 5.32 Å². The molecule has 0 aliphatic heterocycles. The van der Waals surface area contributed by atoms with Crippen LogP contribution in [-0.2, 0) is 4.74 Å². The van der Waals surface area contributed by atoms with Gasteiger partial charge in [0.2, 0.25) is 0 Å². The summed E-state index contributed by atoms with van der Waals surface area (Å²) in [5.41, 5.74) is 0.725. The van der Waals surface area contributed by atoms with Crippen LogP contribution in [0.2, 0.25) is 0 Å². The topological polar surface area (TPSA) is 88.2 Å². The van der Waals surface area contributed by atoms with Crippen LogP contribution in [0.25, 0.3) is 0 Å². The smallest absolute Gasteiger partial charge is 0.292 e. The highest BCUT2D eigenvalue weighted by Gasteiger charge is 2.14. The van der Waals surface area contributed by atoms with E-state index >= 15 is 0 Å². The Bertz CT molecular complexity index is 468. The van der Waals surface area contributed by atoms with Crippen molar-refractivity contribution >= 4 is 11.4 Å². The fourth-order valence-corrected chi connectivity index (χ4v) is 1.53. The number of methoxy groups -OCH3 is 1. The van der Waals surface area contributed by atoms with Crippen molar-refractivity contribution in [1.82, 2.24) is 0 Å². The van der Waals surface area contributed by atoms with Gasteiger partial charge in [-0.25, -0.2) is 0 Å². The molecule has 0 saturated heterocycles. The molecule has 18 heavy (non-hydrogen) atoms. The van der Waals surface area contributed by atoms with Gasteiger partial charge in [-0.15, -0.1) is 0 Å². The second-order valence-corrected chi connectivity index (χ2v) is 4.04. The van der Waals surface area contributed by atoms with Gasteiger partial charge < -0.3 is 10.1 Å². The predicted molar refractivity (Wildman–Crippen MR) is 67.3 cm³/mol. The standard InChI is InChI=1S/C12H15N3O3/c1-9(8-18-2)7-14-11-5-10(6-13)3-4-12(11)15(16)17/h3-5,9,14H,7-8H2,1-2H3. The zero-order chi connectivity index (χ0) is 13.5. The third-order valence-corrected chi connectivity index (χ3v) is 2.41. The van der Waals surface area contributed by atoms with Crippen LogP contribution in [0.4, 0.5) is 11.4 Å². The third-order valence-electron chi connectivity index (χ3n) is 2.41. The molecule has 0 radical (unpaired) electrons. The van der Waals surface area contributed by atoms with E-state index in [0.29, 0.717) is 24.4 Å². The molecule has 1 aromatic rings. The quantitative estimate of drug-likeness (QED) is 0.616. The van der Waals surface area contributed by atoms with Gasteiger partial charge in [-0.2, -0.15) is 5.26 Å². The molecule has 1 atom stereocenters. The maximum Gasteiger partial charge on any atom is 0.292 e. The number of ether oxygens (including phenoxy) is 1. The molecule has 0 amide bonds. The average molecular weight is 249 g/mol. The molecule has 6 nitrogen and oxygen atoms in total. The zero-order valence-electron chi connectivity index (χ0n) is 10.3. The van der Waals surface area contributed by atoms with E-state index in [9.17, 15) is 10.1 Å². The molecule has 1 N–H and O–H groups in total. The molecule has 1 unspecified atom stereocenters. The van der Waals surface area contributed by atoms with Crippen LogP contribution in [0.1, 0.15) is 12.5 Å². The van der Waals surface area contributed by atoms with Crippen LogP contribution in [0.15, 0.2) is 18.2 Å². The van der Waals surface area contributed by atoms with Crippen LogP contribution in [-0.4, -0.2) is 25.2 Å². The maximum atomic E-state index is 10.8. The van der Waals surface area contributed by atoms with E-state index in [0.717, 1.165) is 0 Å². The van der Waals surface area contributed by atoms with Gasteiger partial charge in [0.25, 0.3) is 5.69 Å². The number of nitrogens with one attached hydrogen (secondary N) is 1. The highest BCUT2D eigenvalue weighted by molar-refractivity contribution is 5.64. The van der Waals surface area contributed by atoms with Crippen LogP contribution in [0.3, 0.4) is 0 Å². The summed E-state index contributed by atoms with van der Waals surface area (Å²) in [7, 11) is 1.61. The van der Waals surface area contributed by atoms with E-state index in [1.165, 1.54) is 18.2 Å². The van der Waals surface area contributed by atoms with Gasteiger partial charge in [-0.3, -0.25) is 10.1 Å². The molecule has 0 aliphatic rings. The van der Waals surface area contributed by atoms with E-state index in [-0.39, 0.29) is 11.6 Å². The Hall–Kier alpha value is -2.13. The Kier molecular flexibility index (Phi) is 5.08. The van der Waals surface area contributed by atoms with Gasteiger partial charge in [-0.05, 0) is 18.1 Å². The summed E-state index contributed by atoms with van der Waals surface area (Å²) in [6.45, 7) is 3.08. The number of hydrogen-bond donors (Lipinski definition) is 1. The number of nitriles is 1. The second kappa shape index (κ2) is 6.57. The van der Waals surface area contributed by atoms with Crippen molar-refractivity contribution in [3.8, 4) is 6.07 Å². The van der Waals surface area contributed by atoms with E-state index in [1.54, 1.807) is 7.11 Å². The first-order valence-corrected chi connectivity index (χ1v) is 5.49.